The van der Waals surface area contributed by atoms with E-state index in [9.17, 15) is 29.7 Å². The summed E-state index contributed by atoms with van der Waals surface area (Å²) in [5, 5.41) is 31.7. The van der Waals surface area contributed by atoms with E-state index < -0.39 is 48.2 Å². The third-order valence-electron chi connectivity index (χ3n) is 9.55. The third kappa shape index (κ3) is 19.2. The normalized spacial score (nSPS) is 13.6. The molecule has 0 spiro atoms. The van der Waals surface area contributed by atoms with E-state index in [1.54, 1.807) is 13.8 Å². The number of unbranched alkanes of at least 4 members (excludes halogenated alkanes) is 19. The zero-order valence-electron chi connectivity index (χ0n) is 30.7. The maximum atomic E-state index is 13.5. The average molecular weight is 673 g/mol. The van der Waals surface area contributed by atoms with Gasteiger partial charge < -0.3 is 20.1 Å². The van der Waals surface area contributed by atoms with Crippen molar-refractivity contribution in [3.63, 3.8) is 0 Å². The van der Waals surface area contributed by atoms with Gasteiger partial charge in [-0.2, -0.15) is 0 Å². The smallest absolute Gasteiger partial charge is 0.401 e. The summed E-state index contributed by atoms with van der Waals surface area (Å²) in [7, 11) is 0. The molecule has 0 radical (unpaired) electrons. The summed E-state index contributed by atoms with van der Waals surface area (Å²) in [4.78, 5) is 48.7. The van der Waals surface area contributed by atoms with Gasteiger partial charge in [-0.3, -0.25) is 4.79 Å². The van der Waals surface area contributed by atoms with Gasteiger partial charge in [-0.25, -0.2) is 19.4 Å². The second-order valence-electron chi connectivity index (χ2n) is 13.6. The predicted molar refractivity (Wildman–Crippen MR) is 186 cm³/mol. The van der Waals surface area contributed by atoms with Crippen LogP contribution in [0.4, 0.5) is 0 Å². The zero-order valence-corrected chi connectivity index (χ0v) is 30.7. The van der Waals surface area contributed by atoms with Crippen LogP contribution in [0.1, 0.15) is 195 Å². The standard InChI is InChI=1S/C38H72O9/c1-5-9-11-13-15-16-17-18-19-20-21-23-25-27-29-34(42)46-47-36(44)38(30-7-3,35(43)37(8-4,31-39)32-40)45-33(41)28-26-24-22-14-12-10-6-2/h35,39-40,43H,5-32H2,1-4H3. The van der Waals surface area contributed by atoms with Crippen molar-refractivity contribution in [1.29, 1.82) is 0 Å². The summed E-state index contributed by atoms with van der Waals surface area (Å²) in [6, 6.07) is 0. The first-order valence-corrected chi connectivity index (χ1v) is 19.3. The van der Waals surface area contributed by atoms with Crippen LogP contribution in [-0.4, -0.2) is 58.1 Å². The van der Waals surface area contributed by atoms with E-state index in [2.05, 4.69) is 13.8 Å². The van der Waals surface area contributed by atoms with Gasteiger partial charge in [-0.1, -0.05) is 156 Å². The highest BCUT2D eigenvalue weighted by atomic mass is 17.2. The summed E-state index contributed by atoms with van der Waals surface area (Å²) in [6.07, 6.45) is 22.2. The van der Waals surface area contributed by atoms with Gasteiger partial charge in [0.1, 0.15) is 6.10 Å². The van der Waals surface area contributed by atoms with E-state index in [0.717, 1.165) is 51.4 Å². The first-order valence-electron chi connectivity index (χ1n) is 19.3. The maximum absolute atomic E-state index is 13.5. The molecule has 278 valence electrons. The second-order valence-corrected chi connectivity index (χ2v) is 13.6. The number of aliphatic hydroxyl groups is 3. The van der Waals surface area contributed by atoms with Crippen LogP contribution in [-0.2, 0) is 28.9 Å². The lowest BCUT2D eigenvalue weighted by Gasteiger charge is -2.43. The molecule has 0 saturated carbocycles. The topological polar surface area (TPSA) is 140 Å². The molecule has 3 N–H and O–H groups in total. The molecule has 47 heavy (non-hydrogen) atoms. The molecular weight excluding hydrogens is 600 g/mol. The van der Waals surface area contributed by atoms with E-state index in [0.29, 0.717) is 19.3 Å². The number of ether oxygens (including phenoxy) is 1. The minimum atomic E-state index is -2.26. The Hall–Kier alpha value is -1.71. The Bertz CT molecular complexity index is 775. The van der Waals surface area contributed by atoms with Gasteiger partial charge in [0.15, 0.2) is 0 Å². The largest absolute Gasteiger partial charge is 0.444 e. The molecule has 2 atom stereocenters. The first-order chi connectivity index (χ1) is 22.7. The fraction of sp³-hybridized carbons (Fsp3) is 0.921. The summed E-state index contributed by atoms with van der Waals surface area (Å²) >= 11 is 0. The Kier molecular flexibility index (Phi) is 28.2. The SMILES string of the molecule is CCCCCCCCCCCCCCCCC(=O)OOC(=O)C(CCC)(OC(=O)CCCCCCCCC)C(O)C(CC)(CO)CO. The molecule has 0 rings (SSSR count). The van der Waals surface area contributed by atoms with Gasteiger partial charge in [-0.15, -0.1) is 0 Å². The molecule has 0 aliphatic carbocycles. The fourth-order valence-corrected chi connectivity index (χ4v) is 6.15. The summed E-state index contributed by atoms with van der Waals surface area (Å²) in [6.45, 7) is 6.47. The molecule has 0 aliphatic heterocycles. The van der Waals surface area contributed by atoms with E-state index in [4.69, 9.17) is 14.5 Å². The number of hydrogen-bond acceptors (Lipinski definition) is 9. The molecule has 0 aliphatic rings. The lowest BCUT2D eigenvalue weighted by Crippen LogP contribution is -2.62. The van der Waals surface area contributed by atoms with E-state index in [-0.39, 0.29) is 25.7 Å². The number of rotatable bonds is 32. The highest BCUT2D eigenvalue weighted by molar-refractivity contribution is 5.85. The molecule has 0 aromatic carbocycles. The number of esters is 1. The summed E-state index contributed by atoms with van der Waals surface area (Å²) in [5.41, 5.74) is -3.81. The van der Waals surface area contributed by atoms with Gasteiger partial charge in [0.05, 0.1) is 19.6 Å². The van der Waals surface area contributed by atoms with E-state index in [1.807, 2.05) is 0 Å². The van der Waals surface area contributed by atoms with Gasteiger partial charge in [0.25, 0.3) is 0 Å². The van der Waals surface area contributed by atoms with Crippen molar-refractivity contribution in [2.24, 2.45) is 5.41 Å². The number of aliphatic hydroxyl groups excluding tert-OH is 3. The minimum Gasteiger partial charge on any atom is -0.444 e. The Morgan fingerprint density at radius 3 is 1.28 bits per heavy atom. The van der Waals surface area contributed by atoms with E-state index in [1.165, 1.54) is 70.6 Å². The van der Waals surface area contributed by atoms with Crippen LogP contribution >= 0.6 is 0 Å². The van der Waals surface area contributed by atoms with Gasteiger partial charge in [0, 0.05) is 18.3 Å². The second kappa shape index (κ2) is 29.2. The van der Waals surface area contributed by atoms with Crippen molar-refractivity contribution in [2.45, 2.75) is 206 Å². The molecule has 0 aromatic heterocycles. The number of carbonyl (C=O) groups is 3. The zero-order chi connectivity index (χ0) is 35.2. The quantitative estimate of drug-likeness (QED) is 0.0277. The number of hydrogen-bond donors (Lipinski definition) is 3. The Balaban J connectivity index is 4.91. The van der Waals surface area contributed by atoms with Crippen molar-refractivity contribution in [3.8, 4) is 0 Å². The first kappa shape index (κ1) is 45.3. The third-order valence-corrected chi connectivity index (χ3v) is 9.55. The number of carbonyl (C=O) groups excluding carboxylic acids is 3. The van der Waals surface area contributed by atoms with Crippen LogP contribution in [0.25, 0.3) is 0 Å². The predicted octanol–water partition coefficient (Wildman–Crippen LogP) is 8.82. The minimum absolute atomic E-state index is 0.0372. The molecule has 2 unspecified atom stereocenters. The van der Waals surface area contributed by atoms with Crippen molar-refractivity contribution in [2.75, 3.05) is 13.2 Å². The maximum Gasteiger partial charge on any atom is 0.401 e. The Labute approximate surface area is 286 Å². The van der Waals surface area contributed by atoms with Crippen molar-refractivity contribution in [3.05, 3.63) is 0 Å². The lowest BCUT2D eigenvalue weighted by atomic mass is 9.71. The van der Waals surface area contributed by atoms with E-state index >= 15 is 0 Å². The highest BCUT2D eigenvalue weighted by Crippen LogP contribution is 2.38. The Morgan fingerprint density at radius 2 is 0.915 bits per heavy atom. The summed E-state index contributed by atoms with van der Waals surface area (Å²) < 4.78 is 5.70. The van der Waals surface area contributed by atoms with Crippen molar-refractivity contribution >= 4 is 17.9 Å². The molecular formula is C38H72O9. The van der Waals surface area contributed by atoms with Gasteiger partial charge >= 0.3 is 17.9 Å². The molecule has 0 heterocycles. The molecule has 0 amide bonds. The molecule has 9 heteroatoms. The molecule has 0 bridgehead atoms. The van der Waals surface area contributed by atoms with Crippen LogP contribution in [0.3, 0.4) is 0 Å². The monoisotopic (exact) mass is 673 g/mol. The van der Waals surface area contributed by atoms with Crippen LogP contribution in [0.2, 0.25) is 0 Å². The highest BCUT2D eigenvalue weighted by Gasteiger charge is 2.58. The van der Waals surface area contributed by atoms with Gasteiger partial charge in [0.2, 0.25) is 5.60 Å². The van der Waals surface area contributed by atoms with Crippen LogP contribution in [0.5, 0.6) is 0 Å². The molecule has 0 fully saturated rings. The van der Waals surface area contributed by atoms with Crippen LogP contribution in [0, 0.1) is 5.41 Å². The Morgan fingerprint density at radius 1 is 0.532 bits per heavy atom. The van der Waals surface area contributed by atoms with Crippen LogP contribution in [0.15, 0.2) is 0 Å². The van der Waals surface area contributed by atoms with Crippen molar-refractivity contribution in [1.82, 2.24) is 0 Å². The molecule has 0 aromatic rings. The van der Waals surface area contributed by atoms with Gasteiger partial charge in [-0.05, 0) is 19.3 Å². The fourth-order valence-electron chi connectivity index (χ4n) is 6.15. The van der Waals surface area contributed by atoms with Crippen molar-refractivity contribution < 1.29 is 44.2 Å². The lowest BCUT2D eigenvalue weighted by molar-refractivity contribution is -0.283. The van der Waals surface area contributed by atoms with Crippen LogP contribution < -0.4 is 0 Å². The summed E-state index contributed by atoms with van der Waals surface area (Å²) in [5.74, 6) is -2.65. The average Bonchev–Trinajstić information content (AvgIpc) is 3.07. The molecule has 9 nitrogen and oxygen atoms in total. The molecule has 0 saturated heterocycles.